The average Bonchev–Trinajstić information content (AvgIpc) is 3.60. The minimum Gasteiger partial charge on any atom is -0.474 e. The normalized spacial score (nSPS) is 21.9. The van der Waals surface area contributed by atoms with Gasteiger partial charge in [-0.2, -0.15) is 0 Å². The fraction of sp³-hybridized carbons (Fsp3) is 0.500. The van der Waals surface area contributed by atoms with Crippen LogP contribution >= 0.6 is 0 Å². The van der Waals surface area contributed by atoms with E-state index in [1.807, 2.05) is 19.1 Å². The topological polar surface area (TPSA) is 171 Å². The van der Waals surface area contributed by atoms with Gasteiger partial charge in [0.05, 0.1) is 17.8 Å². The average molecular weight is 846 g/mol. The van der Waals surface area contributed by atoms with Gasteiger partial charge in [0.25, 0.3) is 5.91 Å². The van der Waals surface area contributed by atoms with Crippen molar-refractivity contribution in [2.75, 3.05) is 61.4 Å². The van der Waals surface area contributed by atoms with Gasteiger partial charge in [-0.3, -0.25) is 25.0 Å². The molecule has 4 aromatic rings. The van der Waals surface area contributed by atoms with Gasteiger partial charge in [0.15, 0.2) is 0 Å². The van der Waals surface area contributed by atoms with Crippen LogP contribution in [0.3, 0.4) is 0 Å². The van der Waals surface area contributed by atoms with Crippen molar-refractivity contribution in [3.8, 4) is 17.0 Å². The molecule has 15 nitrogen and oxygen atoms in total. The highest BCUT2D eigenvalue weighted by Crippen LogP contribution is 2.46. The number of piperidine rings is 3. The molecule has 10 rings (SSSR count). The van der Waals surface area contributed by atoms with Crippen molar-refractivity contribution in [2.45, 2.75) is 89.8 Å². The fourth-order valence-electron chi connectivity index (χ4n) is 10.6. The highest BCUT2D eigenvalue weighted by Gasteiger charge is 2.41. The van der Waals surface area contributed by atoms with Crippen molar-refractivity contribution < 1.29 is 33.0 Å². The van der Waals surface area contributed by atoms with E-state index in [-0.39, 0.29) is 36.7 Å². The Hall–Kier alpha value is -5.90. The number of nitrogens with zero attached hydrogens (tertiary/aromatic N) is 6. The number of hydrogen-bond acceptors (Lipinski definition) is 12. The number of hydrogen-bond donors (Lipinski definition) is 3. The van der Waals surface area contributed by atoms with E-state index in [0.29, 0.717) is 70.4 Å². The summed E-state index contributed by atoms with van der Waals surface area (Å²) in [6, 6.07) is 8.08. The Kier molecular flexibility index (Phi) is 10.6. The Bertz CT molecular complexity index is 2440. The van der Waals surface area contributed by atoms with Gasteiger partial charge in [0.1, 0.15) is 41.9 Å². The van der Waals surface area contributed by atoms with Crippen LogP contribution in [0.15, 0.2) is 42.7 Å². The lowest BCUT2D eigenvalue weighted by Crippen LogP contribution is -2.52. The van der Waals surface area contributed by atoms with Crippen molar-refractivity contribution in [1.29, 1.82) is 0 Å². The lowest BCUT2D eigenvalue weighted by molar-refractivity contribution is -0.136. The highest BCUT2D eigenvalue weighted by atomic mass is 19.1. The molecule has 1 spiro atoms. The lowest BCUT2D eigenvalue weighted by atomic mass is 9.67. The molecule has 5 aliphatic heterocycles. The van der Waals surface area contributed by atoms with E-state index in [1.54, 1.807) is 29.4 Å². The van der Waals surface area contributed by atoms with E-state index >= 15 is 4.39 Å². The molecule has 3 saturated heterocycles. The molecule has 1 aliphatic carbocycles. The van der Waals surface area contributed by atoms with E-state index in [1.165, 1.54) is 6.07 Å². The number of halogens is 1. The molecule has 1 unspecified atom stereocenters. The van der Waals surface area contributed by atoms with Crippen LogP contribution in [0.5, 0.6) is 5.88 Å². The summed E-state index contributed by atoms with van der Waals surface area (Å²) in [4.78, 5) is 70.4. The molecule has 1 saturated carbocycles. The Labute approximate surface area is 359 Å². The molecule has 8 heterocycles. The SMILES string of the molecule is Cc1c(-c2cc3cc(NC(=O)OC4CCC5(CC4)CCN(CC4CCN(c6ccc7c(n6)CN(C6CCC(=O)NC6=O)C7=O)CC4)CC5)ncc3cc2F)cnc2c1NCCO2. The lowest BCUT2D eigenvalue weighted by Gasteiger charge is -2.46. The number of anilines is 3. The number of ether oxygens (including phenoxy) is 2. The van der Waals surface area contributed by atoms with Crippen LogP contribution in [0.2, 0.25) is 0 Å². The zero-order chi connectivity index (χ0) is 42.5. The van der Waals surface area contributed by atoms with Crippen molar-refractivity contribution >= 4 is 51.9 Å². The maximum Gasteiger partial charge on any atom is 0.413 e. The van der Waals surface area contributed by atoms with Crippen LogP contribution in [-0.4, -0.2) is 107 Å². The van der Waals surface area contributed by atoms with Gasteiger partial charge in [-0.05, 0) is 130 Å². The molecule has 6 aliphatic rings. The standard InChI is InChI=1S/C46H52FN9O6/c1-27-34(24-50-43-41(27)48-14-19-61-43)33-20-29-22-38(49-23-30(29)21-35(33)47)52-45(60)62-31-6-10-46(11-7-31)12-17-54(18-13-46)25-28-8-15-55(16-9-28)39-4-2-32-36(51-39)26-56(44(32)59)37-3-5-40(57)53-42(37)58/h2,4,20-24,28,31,37,48H,3,5-19,25-26H2,1H3,(H,49,52,60)(H,53,57,58). The minimum atomic E-state index is -0.641. The summed E-state index contributed by atoms with van der Waals surface area (Å²) >= 11 is 0. The van der Waals surface area contributed by atoms with Gasteiger partial charge in [-0.15, -0.1) is 0 Å². The van der Waals surface area contributed by atoms with Crippen LogP contribution in [0, 0.1) is 24.1 Å². The van der Waals surface area contributed by atoms with Gasteiger partial charge in [-0.1, -0.05) is 0 Å². The summed E-state index contributed by atoms with van der Waals surface area (Å²) in [5, 5.41) is 9.83. The number of imide groups is 1. The number of rotatable bonds is 7. The van der Waals surface area contributed by atoms with E-state index < -0.39 is 18.0 Å². The number of carbonyl (C=O) groups excluding carboxylic acids is 4. The molecular formula is C46H52FN9O6. The first-order chi connectivity index (χ1) is 30.1. The predicted molar refractivity (Wildman–Crippen MR) is 229 cm³/mol. The number of pyridine rings is 3. The van der Waals surface area contributed by atoms with E-state index in [0.717, 1.165) is 107 Å². The predicted octanol–water partition coefficient (Wildman–Crippen LogP) is 6.19. The van der Waals surface area contributed by atoms with Gasteiger partial charge in [0, 0.05) is 61.5 Å². The second-order valence-electron chi connectivity index (χ2n) is 18.0. The van der Waals surface area contributed by atoms with Gasteiger partial charge in [-0.25, -0.2) is 24.1 Å². The second kappa shape index (κ2) is 16.4. The van der Waals surface area contributed by atoms with E-state index in [4.69, 9.17) is 14.5 Å². The first kappa shape index (κ1) is 40.2. The highest BCUT2D eigenvalue weighted by molar-refractivity contribution is 6.05. The number of amides is 4. The van der Waals surface area contributed by atoms with Crippen molar-refractivity contribution in [3.05, 3.63) is 65.4 Å². The quantitative estimate of drug-likeness (QED) is 0.181. The third kappa shape index (κ3) is 7.88. The Morgan fingerprint density at radius 3 is 2.53 bits per heavy atom. The van der Waals surface area contributed by atoms with Crippen LogP contribution in [0.4, 0.5) is 26.5 Å². The molecule has 0 bridgehead atoms. The molecule has 4 fully saturated rings. The second-order valence-corrected chi connectivity index (χ2v) is 18.0. The molecule has 1 atom stereocenters. The minimum absolute atomic E-state index is 0.146. The summed E-state index contributed by atoms with van der Waals surface area (Å²) in [7, 11) is 0. The fourth-order valence-corrected chi connectivity index (χ4v) is 10.6. The van der Waals surface area contributed by atoms with Crippen molar-refractivity contribution in [2.24, 2.45) is 11.3 Å². The molecule has 0 radical (unpaired) electrons. The largest absolute Gasteiger partial charge is 0.474 e. The first-order valence-corrected chi connectivity index (χ1v) is 22.1. The summed E-state index contributed by atoms with van der Waals surface area (Å²) in [6.45, 7) is 8.48. The zero-order valence-electron chi connectivity index (χ0n) is 35.0. The molecule has 16 heteroatoms. The number of carbonyl (C=O) groups is 4. The first-order valence-electron chi connectivity index (χ1n) is 22.1. The summed E-state index contributed by atoms with van der Waals surface area (Å²) in [5.41, 5.74) is 4.24. The molecule has 324 valence electrons. The maximum absolute atomic E-state index is 15.4. The third-order valence-electron chi connectivity index (χ3n) is 14.3. The summed E-state index contributed by atoms with van der Waals surface area (Å²) < 4.78 is 26.9. The van der Waals surface area contributed by atoms with Crippen LogP contribution in [0.1, 0.15) is 85.8 Å². The summed E-state index contributed by atoms with van der Waals surface area (Å²) in [6.07, 6.45) is 11.3. The van der Waals surface area contributed by atoms with E-state index in [9.17, 15) is 19.2 Å². The Morgan fingerprint density at radius 2 is 1.74 bits per heavy atom. The number of nitrogens with one attached hydrogen (secondary N) is 3. The molecule has 3 N–H and O–H groups in total. The molecule has 4 amide bonds. The third-order valence-corrected chi connectivity index (χ3v) is 14.3. The summed E-state index contributed by atoms with van der Waals surface area (Å²) in [5.74, 6) is 1.07. The number of likely N-dealkylation sites (tertiary alicyclic amines) is 1. The van der Waals surface area contributed by atoms with Gasteiger partial charge in [0.2, 0.25) is 17.7 Å². The number of fused-ring (bicyclic) bond motifs is 3. The smallest absolute Gasteiger partial charge is 0.413 e. The van der Waals surface area contributed by atoms with Crippen LogP contribution in [-0.2, 0) is 20.9 Å². The van der Waals surface area contributed by atoms with Gasteiger partial charge >= 0.3 is 6.09 Å². The van der Waals surface area contributed by atoms with Crippen LogP contribution < -0.4 is 25.6 Å². The zero-order valence-corrected chi connectivity index (χ0v) is 35.0. The Balaban J connectivity index is 0.669. The maximum atomic E-state index is 15.4. The van der Waals surface area contributed by atoms with E-state index in [2.05, 4.69) is 35.7 Å². The van der Waals surface area contributed by atoms with Crippen LogP contribution in [0.25, 0.3) is 21.9 Å². The molecular weight excluding hydrogens is 794 g/mol. The molecule has 1 aromatic carbocycles. The molecule has 3 aromatic heterocycles. The number of benzene rings is 1. The Morgan fingerprint density at radius 1 is 0.935 bits per heavy atom. The monoisotopic (exact) mass is 845 g/mol. The van der Waals surface area contributed by atoms with Crippen molar-refractivity contribution in [1.82, 2.24) is 30.1 Å². The van der Waals surface area contributed by atoms with Gasteiger partial charge < -0.3 is 29.5 Å². The van der Waals surface area contributed by atoms with Crippen molar-refractivity contribution in [3.63, 3.8) is 0 Å². The number of aromatic nitrogens is 3. The molecule has 62 heavy (non-hydrogen) atoms.